The van der Waals surface area contributed by atoms with E-state index in [1.54, 1.807) is 7.11 Å². The second-order valence-corrected chi connectivity index (χ2v) is 8.42. The lowest BCUT2D eigenvalue weighted by Gasteiger charge is -2.01. The van der Waals surface area contributed by atoms with Crippen molar-refractivity contribution in [3.05, 3.63) is 59.5 Å². The average molecular weight is 452 g/mol. The van der Waals surface area contributed by atoms with Crippen LogP contribution in [0.2, 0.25) is 0 Å². The molecule has 2 N–H and O–H groups in total. The molecular formula is C22H21N5O2S2. The third-order valence-electron chi connectivity index (χ3n) is 4.57. The number of thioether (sulfide) groups is 1. The van der Waals surface area contributed by atoms with Crippen LogP contribution in [0.3, 0.4) is 0 Å². The van der Waals surface area contributed by atoms with Gasteiger partial charge in [-0.25, -0.2) is 9.97 Å². The fourth-order valence-electron chi connectivity index (χ4n) is 2.85. The van der Waals surface area contributed by atoms with E-state index in [4.69, 9.17) is 4.74 Å². The second-order valence-electron chi connectivity index (χ2n) is 6.62. The summed E-state index contributed by atoms with van der Waals surface area (Å²) in [5, 5.41) is 12.9. The van der Waals surface area contributed by atoms with Crippen LogP contribution in [-0.2, 0) is 11.2 Å². The molecule has 0 spiro atoms. The number of ether oxygens (including phenoxy) is 1. The summed E-state index contributed by atoms with van der Waals surface area (Å²) in [6, 6.07) is 15.8. The lowest BCUT2D eigenvalue weighted by atomic mass is 10.1. The number of hydrogen-bond acceptors (Lipinski definition) is 7. The number of carbonyl (C=O) groups is 1. The minimum Gasteiger partial charge on any atom is -0.497 e. The summed E-state index contributed by atoms with van der Waals surface area (Å²) in [5.74, 6) is 1.46. The topological polar surface area (TPSA) is 92.8 Å². The van der Waals surface area contributed by atoms with Gasteiger partial charge in [-0.05, 0) is 36.2 Å². The van der Waals surface area contributed by atoms with Crippen molar-refractivity contribution in [2.24, 2.45) is 0 Å². The Morgan fingerprint density at radius 2 is 1.84 bits per heavy atom. The van der Waals surface area contributed by atoms with E-state index in [0.717, 1.165) is 29.0 Å². The van der Waals surface area contributed by atoms with Gasteiger partial charge in [-0.3, -0.25) is 9.89 Å². The van der Waals surface area contributed by atoms with E-state index < -0.39 is 0 Å². The van der Waals surface area contributed by atoms with Crippen molar-refractivity contribution >= 4 is 34.1 Å². The third-order valence-corrected chi connectivity index (χ3v) is 6.17. The van der Waals surface area contributed by atoms with Crippen molar-refractivity contribution < 1.29 is 9.53 Å². The zero-order valence-corrected chi connectivity index (χ0v) is 18.7. The van der Waals surface area contributed by atoms with Gasteiger partial charge in [0.15, 0.2) is 11.0 Å². The maximum absolute atomic E-state index is 12.3. The number of nitrogens with one attached hydrogen (secondary N) is 2. The largest absolute Gasteiger partial charge is 0.497 e. The van der Waals surface area contributed by atoms with E-state index in [-0.39, 0.29) is 11.7 Å². The van der Waals surface area contributed by atoms with Crippen LogP contribution in [0.25, 0.3) is 22.6 Å². The SMILES string of the molecule is CCc1ccc(-c2csc(NC(=O)CSc3n[nH]c(-c4ccc(OC)cc4)n3)n2)cc1. The smallest absolute Gasteiger partial charge is 0.236 e. The molecule has 0 unspecified atom stereocenters. The molecule has 0 aliphatic heterocycles. The summed E-state index contributed by atoms with van der Waals surface area (Å²) in [4.78, 5) is 21.3. The first-order valence-electron chi connectivity index (χ1n) is 9.69. The highest BCUT2D eigenvalue weighted by atomic mass is 32.2. The van der Waals surface area contributed by atoms with Gasteiger partial charge in [0.1, 0.15) is 5.75 Å². The molecule has 0 aliphatic rings. The molecule has 158 valence electrons. The van der Waals surface area contributed by atoms with Crippen molar-refractivity contribution in [3.8, 4) is 28.4 Å². The number of aromatic nitrogens is 4. The number of anilines is 1. The number of hydrogen-bond donors (Lipinski definition) is 2. The van der Waals surface area contributed by atoms with Gasteiger partial charge in [-0.1, -0.05) is 43.0 Å². The lowest BCUT2D eigenvalue weighted by Crippen LogP contribution is -2.13. The summed E-state index contributed by atoms with van der Waals surface area (Å²) in [7, 11) is 1.62. The Bertz CT molecular complexity index is 1150. The molecule has 2 heterocycles. The molecule has 0 atom stereocenters. The number of nitrogens with zero attached hydrogens (tertiary/aromatic N) is 3. The quantitative estimate of drug-likeness (QED) is 0.370. The number of carbonyl (C=O) groups excluding carboxylic acids is 1. The zero-order valence-electron chi connectivity index (χ0n) is 17.1. The van der Waals surface area contributed by atoms with E-state index >= 15 is 0 Å². The predicted molar refractivity (Wildman–Crippen MR) is 125 cm³/mol. The number of H-pyrrole nitrogens is 1. The van der Waals surface area contributed by atoms with Crippen LogP contribution >= 0.6 is 23.1 Å². The minimum absolute atomic E-state index is 0.150. The summed E-state index contributed by atoms with van der Waals surface area (Å²) in [5.41, 5.74) is 4.07. The van der Waals surface area contributed by atoms with Crippen LogP contribution < -0.4 is 10.1 Å². The molecule has 1 amide bonds. The summed E-state index contributed by atoms with van der Waals surface area (Å²) < 4.78 is 5.16. The number of amides is 1. The van der Waals surface area contributed by atoms with Crippen LogP contribution in [0.1, 0.15) is 12.5 Å². The summed E-state index contributed by atoms with van der Waals surface area (Å²) in [6.45, 7) is 2.13. The molecule has 0 saturated heterocycles. The molecule has 0 bridgehead atoms. The van der Waals surface area contributed by atoms with Crippen LogP contribution in [0.15, 0.2) is 59.1 Å². The number of aromatic amines is 1. The number of aryl methyl sites for hydroxylation is 1. The van der Waals surface area contributed by atoms with Gasteiger partial charge >= 0.3 is 0 Å². The fourth-order valence-corrected chi connectivity index (χ4v) is 4.18. The van der Waals surface area contributed by atoms with Crippen LogP contribution in [0, 0.1) is 0 Å². The van der Waals surface area contributed by atoms with Crippen molar-refractivity contribution in [2.45, 2.75) is 18.5 Å². The highest BCUT2D eigenvalue weighted by molar-refractivity contribution is 7.99. The molecule has 31 heavy (non-hydrogen) atoms. The van der Waals surface area contributed by atoms with Crippen molar-refractivity contribution in [1.82, 2.24) is 20.2 Å². The Balaban J connectivity index is 1.31. The summed E-state index contributed by atoms with van der Waals surface area (Å²) >= 11 is 2.67. The maximum atomic E-state index is 12.3. The lowest BCUT2D eigenvalue weighted by molar-refractivity contribution is -0.113. The normalized spacial score (nSPS) is 10.8. The van der Waals surface area contributed by atoms with E-state index in [0.29, 0.717) is 16.1 Å². The van der Waals surface area contributed by atoms with Gasteiger partial charge in [0.05, 0.1) is 18.6 Å². The minimum atomic E-state index is -0.150. The number of methoxy groups -OCH3 is 1. The first-order chi connectivity index (χ1) is 15.1. The standard InChI is InChI=1S/C22H21N5O2S2/c1-3-14-4-6-15(7-5-14)18-12-30-21(23-18)24-19(28)13-31-22-25-20(26-27-22)16-8-10-17(29-2)11-9-16/h4-12H,3,13H2,1-2H3,(H,23,24,28)(H,25,26,27). The average Bonchev–Trinajstić information content (AvgIpc) is 3.48. The highest BCUT2D eigenvalue weighted by Gasteiger charge is 2.12. The van der Waals surface area contributed by atoms with E-state index in [9.17, 15) is 4.79 Å². The second kappa shape index (κ2) is 9.76. The van der Waals surface area contributed by atoms with Gasteiger partial charge < -0.3 is 10.1 Å². The first-order valence-corrected chi connectivity index (χ1v) is 11.6. The third kappa shape index (κ3) is 5.31. The van der Waals surface area contributed by atoms with E-state index in [1.165, 1.54) is 28.7 Å². The Kier molecular flexibility index (Phi) is 6.63. The molecule has 2 aromatic heterocycles. The molecule has 0 radical (unpaired) electrons. The van der Waals surface area contributed by atoms with Crippen molar-refractivity contribution in [3.63, 3.8) is 0 Å². The molecule has 7 nitrogen and oxygen atoms in total. The Morgan fingerprint density at radius 3 is 2.55 bits per heavy atom. The van der Waals surface area contributed by atoms with Gasteiger partial charge in [-0.15, -0.1) is 16.4 Å². The molecule has 0 saturated carbocycles. The van der Waals surface area contributed by atoms with Crippen molar-refractivity contribution in [2.75, 3.05) is 18.2 Å². The molecule has 0 aliphatic carbocycles. The van der Waals surface area contributed by atoms with Gasteiger partial charge in [-0.2, -0.15) is 0 Å². The van der Waals surface area contributed by atoms with Crippen molar-refractivity contribution in [1.29, 1.82) is 0 Å². The number of thiazole rings is 1. The summed E-state index contributed by atoms with van der Waals surface area (Å²) in [6.07, 6.45) is 1.00. The van der Waals surface area contributed by atoms with Gasteiger partial charge in [0.2, 0.25) is 11.1 Å². The Hall–Kier alpha value is -3.17. The highest BCUT2D eigenvalue weighted by Crippen LogP contribution is 2.26. The molecular weight excluding hydrogens is 430 g/mol. The predicted octanol–water partition coefficient (Wildman–Crippen LogP) is 4.90. The molecule has 4 aromatic rings. The monoisotopic (exact) mass is 451 g/mol. The number of benzene rings is 2. The molecule has 9 heteroatoms. The Labute approximate surface area is 188 Å². The van der Waals surface area contributed by atoms with Gasteiger partial charge in [0, 0.05) is 16.5 Å². The van der Waals surface area contributed by atoms with Crippen LogP contribution in [-0.4, -0.2) is 38.9 Å². The van der Waals surface area contributed by atoms with E-state index in [2.05, 4.69) is 56.7 Å². The maximum Gasteiger partial charge on any atom is 0.236 e. The Morgan fingerprint density at radius 1 is 1.10 bits per heavy atom. The fraction of sp³-hybridized carbons (Fsp3) is 0.182. The first kappa shape index (κ1) is 21.1. The van der Waals surface area contributed by atoms with Crippen LogP contribution in [0.5, 0.6) is 5.75 Å². The zero-order chi connectivity index (χ0) is 21.6. The molecule has 2 aromatic carbocycles. The molecule has 4 rings (SSSR count). The van der Waals surface area contributed by atoms with Crippen LogP contribution in [0.4, 0.5) is 5.13 Å². The van der Waals surface area contributed by atoms with Gasteiger partial charge in [0.25, 0.3) is 0 Å². The number of rotatable bonds is 8. The molecule has 0 fully saturated rings. The van der Waals surface area contributed by atoms with E-state index in [1.807, 2.05) is 29.6 Å².